The number of aliphatic hydroxyl groups is 1. The van der Waals surface area contributed by atoms with Gasteiger partial charge in [0, 0.05) is 23.8 Å². The summed E-state index contributed by atoms with van der Waals surface area (Å²) in [7, 11) is 1.05. The number of carbonyl (C=O) groups is 1. The topological polar surface area (TPSA) is 93.6 Å². The highest BCUT2D eigenvalue weighted by molar-refractivity contribution is 5.95. The van der Waals surface area contributed by atoms with E-state index in [1.165, 1.54) is 19.3 Å². The fourth-order valence-corrected chi connectivity index (χ4v) is 3.90. The lowest BCUT2D eigenvalue weighted by atomic mass is 9.77. The third-order valence-electron chi connectivity index (χ3n) is 5.88. The Morgan fingerprint density at radius 3 is 2.45 bits per heavy atom. The van der Waals surface area contributed by atoms with Crippen molar-refractivity contribution in [2.75, 3.05) is 19.0 Å². The predicted octanol–water partition coefficient (Wildman–Crippen LogP) is 3.38. The molecule has 0 saturated carbocycles. The van der Waals surface area contributed by atoms with Crippen LogP contribution in [0.4, 0.5) is 27.6 Å². The average molecular weight is 475 g/mol. The lowest BCUT2D eigenvalue weighted by Gasteiger charge is -2.32. The molecule has 0 aliphatic carbocycles. The van der Waals surface area contributed by atoms with Gasteiger partial charge in [0.15, 0.2) is 17.2 Å². The summed E-state index contributed by atoms with van der Waals surface area (Å²) in [5, 5.41) is 11.3. The standard InChI is InChI=1S/C21H22F5N3O4/c1-10-15(12-4-5-13(22)16(23)17(12)32-3)18(33-20(10,2)21(24,25)26)19(31)29-11-8-27-14(6-7-30)28-9-11/h4-5,8-10,15,18,30H,6-7H2,1-3H3,(H,29,31)/t10-,15-,18+,20+/m0/s1. The van der Waals surface area contributed by atoms with E-state index in [9.17, 15) is 26.7 Å². The largest absolute Gasteiger partial charge is 0.493 e. The third kappa shape index (κ3) is 4.49. The van der Waals surface area contributed by atoms with Crippen LogP contribution in [0.5, 0.6) is 5.75 Å². The fourth-order valence-electron chi connectivity index (χ4n) is 3.90. The first-order valence-corrected chi connectivity index (χ1v) is 9.93. The molecule has 0 bridgehead atoms. The van der Waals surface area contributed by atoms with Crippen LogP contribution in [0.1, 0.15) is 31.2 Å². The van der Waals surface area contributed by atoms with Crippen molar-refractivity contribution < 1.29 is 41.3 Å². The van der Waals surface area contributed by atoms with Gasteiger partial charge in [0.25, 0.3) is 5.91 Å². The molecule has 33 heavy (non-hydrogen) atoms. The number of hydrogen-bond donors (Lipinski definition) is 2. The molecule has 1 aromatic heterocycles. The van der Waals surface area contributed by atoms with Gasteiger partial charge < -0.3 is 19.9 Å². The molecular formula is C21H22F5N3O4. The van der Waals surface area contributed by atoms with E-state index in [2.05, 4.69) is 15.3 Å². The molecule has 1 saturated heterocycles. The number of anilines is 1. The zero-order valence-corrected chi connectivity index (χ0v) is 17.9. The molecule has 4 atom stereocenters. The summed E-state index contributed by atoms with van der Waals surface area (Å²) in [5.74, 6) is -6.57. The number of aromatic nitrogens is 2. The SMILES string of the molecule is COc1c([C@H]2[C@H](C(=O)Nc3cnc(CCO)nc3)O[C@@](C)(C(F)(F)F)[C@H]2C)ccc(F)c1F. The van der Waals surface area contributed by atoms with Gasteiger partial charge in [-0.15, -0.1) is 0 Å². The first-order valence-electron chi connectivity index (χ1n) is 9.93. The number of benzene rings is 1. The van der Waals surface area contributed by atoms with Gasteiger partial charge in [0.1, 0.15) is 11.9 Å². The number of halogens is 5. The molecule has 0 radical (unpaired) electrons. The highest BCUT2D eigenvalue weighted by Gasteiger charge is 2.65. The van der Waals surface area contributed by atoms with Gasteiger partial charge in [-0.05, 0) is 13.0 Å². The summed E-state index contributed by atoms with van der Waals surface area (Å²) >= 11 is 0. The molecule has 1 aromatic carbocycles. The number of amides is 1. The maximum absolute atomic E-state index is 14.3. The minimum Gasteiger partial charge on any atom is -0.493 e. The number of ether oxygens (including phenoxy) is 2. The van der Waals surface area contributed by atoms with Crippen LogP contribution in [0.2, 0.25) is 0 Å². The van der Waals surface area contributed by atoms with Gasteiger partial charge >= 0.3 is 6.18 Å². The van der Waals surface area contributed by atoms with E-state index in [1.807, 2.05) is 0 Å². The first-order chi connectivity index (χ1) is 15.4. The van der Waals surface area contributed by atoms with E-state index in [4.69, 9.17) is 14.6 Å². The quantitative estimate of drug-likeness (QED) is 0.623. The molecule has 2 N–H and O–H groups in total. The van der Waals surface area contributed by atoms with E-state index in [1.54, 1.807) is 0 Å². The second-order valence-electron chi connectivity index (χ2n) is 7.79. The Labute approximate surface area is 185 Å². The van der Waals surface area contributed by atoms with Gasteiger partial charge in [-0.2, -0.15) is 17.6 Å². The number of hydrogen-bond acceptors (Lipinski definition) is 6. The summed E-state index contributed by atoms with van der Waals surface area (Å²) in [4.78, 5) is 20.9. The summed E-state index contributed by atoms with van der Waals surface area (Å²) in [6, 6.07) is 1.84. The van der Waals surface area contributed by atoms with Gasteiger partial charge in [-0.3, -0.25) is 4.79 Å². The normalized spacial score (nSPS) is 25.2. The monoisotopic (exact) mass is 475 g/mol. The smallest absolute Gasteiger partial charge is 0.417 e. The number of alkyl halides is 3. The summed E-state index contributed by atoms with van der Waals surface area (Å²) in [5.41, 5.74) is -2.81. The highest BCUT2D eigenvalue weighted by atomic mass is 19.4. The molecule has 1 fully saturated rings. The Morgan fingerprint density at radius 1 is 1.27 bits per heavy atom. The van der Waals surface area contributed by atoms with Crippen LogP contribution in [-0.2, 0) is 16.0 Å². The second kappa shape index (κ2) is 9.18. The van der Waals surface area contributed by atoms with Crippen molar-refractivity contribution in [3.63, 3.8) is 0 Å². The van der Waals surface area contributed by atoms with E-state index in [0.717, 1.165) is 26.2 Å². The number of rotatable bonds is 6. The van der Waals surface area contributed by atoms with Gasteiger partial charge in [0.2, 0.25) is 5.82 Å². The van der Waals surface area contributed by atoms with Crippen molar-refractivity contribution in [3.8, 4) is 5.75 Å². The third-order valence-corrected chi connectivity index (χ3v) is 5.88. The lowest BCUT2D eigenvalue weighted by molar-refractivity contribution is -0.272. The minimum absolute atomic E-state index is 0.0783. The molecule has 1 amide bonds. The molecule has 180 valence electrons. The molecule has 12 heteroatoms. The molecule has 0 spiro atoms. The van der Waals surface area contributed by atoms with Gasteiger partial charge in [-0.25, -0.2) is 14.4 Å². The van der Waals surface area contributed by atoms with Crippen molar-refractivity contribution in [2.45, 2.75) is 44.1 Å². The minimum atomic E-state index is -4.86. The van der Waals surface area contributed by atoms with Crippen LogP contribution in [0.15, 0.2) is 24.5 Å². The van der Waals surface area contributed by atoms with Crippen LogP contribution < -0.4 is 10.1 Å². The molecule has 2 heterocycles. The zero-order valence-electron chi connectivity index (χ0n) is 17.9. The van der Waals surface area contributed by atoms with Crippen molar-refractivity contribution in [1.82, 2.24) is 9.97 Å². The number of carbonyl (C=O) groups excluding carboxylic acids is 1. The second-order valence-corrected chi connectivity index (χ2v) is 7.79. The maximum atomic E-state index is 14.3. The van der Waals surface area contributed by atoms with E-state index < -0.39 is 53.0 Å². The highest BCUT2D eigenvalue weighted by Crippen LogP contribution is 2.54. The summed E-state index contributed by atoms with van der Waals surface area (Å²) in [6.45, 7) is 1.84. The van der Waals surface area contributed by atoms with Crippen molar-refractivity contribution >= 4 is 11.6 Å². The summed E-state index contributed by atoms with van der Waals surface area (Å²) in [6.07, 6.45) is -3.95. The Kier molecular flexibility index (Phi) is 6.89. The van der Waals surface area contributed by atoms with Crippen LogP contribution >= 0.6 is 0 Å². The van der Waals surface area contributed by atoms with Crippen LogP contribution in [0, 0.1) is 17.6 Å². The van der Waals surface area contributed by atoms with E-state index >= 15 is 0 Å². The maximum Gasteiger partial charge on any atom is 0.417 e. The molecule has 0 unspecified atom stereocenters. The predicted molar refractivity (Wildman–Crippen MR) is 106 cm³/mol. The zero-order chi connectivity index (χ0) is 24.6. The van der Waals surface area contributed by atoms with Crippen molar-refractivity contribution in [2.24, 2.45) is 5.92 Å². The van der Waals surface area contributed by atoms with E-state index in [0.29, 0.717) is 5.82 Å². The fraction of sp³-hybridized carbons (Fsp3) is 0.476. The lowest BCUT2D eigenvalue weighted by Crippen LogP contribution is -2.47. The van der Waals surface area contributed by atoms with Gasteiger partial charge in [0.05, 0.1) is 31.8 Å². The Hall–Kier alpha value is -2.86. The Morgan fingerprint density at radius 2 is 1.91 bits per heavy atom. The molecule has 1 aliphatic rings. The first kappa shape index (κ1) is 24.8. The molecule has 1 aliphatic heterocycles. The van der Waals surface area contributed by atoms with Crippen LogP contribution in [-0.4, -0.2) is 52.6 Å². The molecular weight excluding hydrogens is 453 g/mol. The van der Waals surface area contributed by atoms with Crippen LogP contribution in [0.3, 0.4) is 0 Å². The van der Waals surface area contributed by atoms with Gasteiger partial charge in [-0.1, -0.05) is 13.0 Å². The van der Waals surface area contributed by atoms with Crippen molar-refractivity contribution in [3.05, 3.63) is 47.5 Å². The Bertz CT molecular complexity index is 1020. The number of nitrogens with zero attached hydrogens (tertiary/aromatic N) is 2. The number of methoxy groups -OCH3 is 1. The van der Waals surface area contributed by atoms with Crippen molar-refractivity contribution in [1.29, 1.82) is 0 Å². The molecule has 2 aromatic rings. The molecule has 3 rings (SSSR count). The average Bonchev–Trinajstić information content (AvgIpc) is 3.03. The van der Waals surface area contributed by atoms with Crippen LogP contribution in [0.25, 0.3) is 0 Å². The molecule has 7 nitrogen and oxygen atoms in total. The Balaban J connectivity index is 2.02. The van der Waals surface area contributed by atoms with E-state index in [-0.39, 0.29) is 24.3 Å². The number of nitrogens with one attached hydrogen (secondary N) is 1. The summed E-state index contributed by atoms with van der Waals surface area (Å²) < 4.78 is 80.1. The number of aliphatic hydroxyl groups excluding tert-OH is 1.